The van der Waals surface area contributed by atoms with Crippen LogP contribution in [0.1, 0.15) is 41.9 Å². The fourth-order valence-electron chi connectivity index (χ4n) is 4.00. The molecule has 0 N–H and O–H groups in total. The summed E-state index contributed by atoms with van der Waals surface area (Å²) in [4.78, 5) is 4.13. The van der Waals surface area contributed by atoms with Crippen molar-refractivity contribution < 1.29 is 9.47 Å². The number of fused-ring (bicyclic) bond motifs is 2. The summed E-state index contributed by atoms with van der Waals surface area (Å²) in [6, 6.07) is 6.54. The maximum Gasteiger partial charge on any atom is 0.174 e. The third-order valence-electron chi connectivity index (χ3n) is 5.01. The van der Waals surface area contributed by atoms with Gasteiger partial charge in [-0.05, 0) is 55.4 Å². The Hall–Kier alpha value is -2.03. The molecule has 4 rings (SSSR count). The Morgan fingerprint density at radius 2 is 2.00 bits per heavy atom. The van der Waals surface area contributed by atoms with Gasteiger partial charge in [0.2, 0.25) is 0 Å². The van der Waals surface area contributed by atoms with E-state index in [1.165, 1.54) is 22.3 Å². The van der Waals surface area contributed by atoms with E-state index in [0.29, 0.717) is 5.92 Å². The summed E-state index contributed by atoms with van der Waals surface area (Å²) in [5.74, 6) is 1.51. The van der Waals surface area contributed by atoms with Crippen LogP contribution in [0.3, 0.4) is 0 Å². The van der Waals surface area contributed by atoms with Gasteiger partial charge in [-0.3, -0.25) is 0 Å². The molecule has 1 aliphatic carbocycles. The van der Waals surface area contributed by atoms with Crippen LogP contribution in [0, 0.1) is 13.8 Å². The van der Waals surface area contributed by atoms with Crippen molar-refractivity contribution in [2.75, 3.05) is 6.61 Å². The molecule has 3 aliphatic rings. The second-order valence-corrected chi connectivity index (χ2v) is 6.45. The molecule has 2 aliphatic heterocycles. The number of allylic oxidation sites excluding steroid dienone is 1. The molecule has 2 heterocycles. The summed E-state index contributed by atoms with van der Waals surface area (Å²) in [7, 11) is 0. The van der Waals surface area contributed by atoms with E-state index in [1.54, 1.807) is 6.40 Å². The van der Waals surface area contributed by atoms with Gasteiger partial charge in [0.1, 0.15) is 11.9 Å². The number of hydrogen-bond acceptors (Lipinski definition) is 3. The SMILES string of the molecule is Cc1cccc(C)c1C1COC2=C(CCC3OC=NC=C23)C1. The second-order valence-electron chi connectivity index (χ2n) is 6.45. The number of benzene rings is 1. The molecule has 0 amide bonds. The van der Waals surface area contributed by atoms with E-state index < -0.39 is 0 Å². The molecule has 114 valence electrons. The number of rotatable bonds is 1. The molecule has 22 heavy (non-hydrogen) atoms. The minimum Gasteiger partial charge on any atom is -0.492 e. The molecule has 0 fully saturated rings. The van der Waals surface area contributed by atoms with Gasteiger partial charge in [-0.25, -0.2) is 4.99 Å². The molecule has 0 radical (unpaired) electrons. The zero-order valence-electron chi connectivity index (χ0n) is 13.1. The van der Waals surface area contributed by atoms with Crippen molar-refractivity contribution >= 4 is 6.40 Å². The van der Waals surface area contributed by atoms with Gasteiger partial charge < -0.3 is 9.47 Å². The normalized spacial score (nSPS) is 26.5. The standard InChI is InChI=1S/C19H21NO2/c1-12-4-3-5-13(2)18(12)15-8-14-6-7-17-16(9-20-11-22-17)19(14)21-10-15/h3-5,9,11,15,17H,6-8,10H2,1-2H3. The first kappa shape index (κ1) is 13.6. The third-order valence-corrected chi connectivity index (χ3v) is 5.01. The van der Waals surface area contributed by atoms with Crippen LogP contribution in [0.25, 0.3) is 0 Å². The van der Waals surface area contributed by atoms with Gasteiger partial charge >= 0.3 is 0 Å². The molecule has 0 bridgehead atoms. The summed E-state index contributed by atoms with van der Waals surface area (Å²) in [5.41, 5.74) is 6.76. The van der Waals surface area contributed by atoms with Crippen molar-refractivity contribution in [3.05, 3.63) is 58.0 Å². The van der Waals surface area contributed by atoms with Crippen molar-refractivity contribution in [1.82, 2.24) is 0 Å². The zero-order chi connectivity index (χ0) is 15.1. The maximum absolute atomic E-state index is 6.19. The minimum atomic E-state index is 0.132. The van der Waals surface area contributed by atoms with Crippen molar-refractivity contribution in [2.24, 2.45) is 4.99 Å². The first-order valence-corrected chi connectivity index (χ1v) is 8.02. The molecule has 2 unspecified atom stereocenters. The number of ether oxygens (including phenoxy) is 2. The Balaban J connectivity index is 1.67. The van der Waals surface area contributed by atoms with E-state index >= 15 is 0 Å². The van der Waals surface area contributed by atoms with Crippen LogP contribution < -0.4 is 0 Å². The lowest BCUT2D eigenvalue weighted by atomic mass is 9.80. The second kappa shape index (κ2) is 5.31. The predicted molar refractivity (Wildman–Crippen MR) is 86.9 cm³/mol. The first-order valence-electron chi connectivity index (χ1n) is 8.02. The Labute approximate surface area is 131 Å². The highest BCUT2D eigenvalue weighted by atomic mass is 16.5. The minimum absolute atomic E-state index is 0.132. The quantitative estimate of drug-likeness (QED) is 0.778. The number of aliphatic imine (C=N–C) groups is 1. The highest BCUT2D eigenvalue weighted by molar-refractivity contribution is 5.54. The van der Waals surface area contributed by atoms with Crippen LogP contribution in [-0.4, -0.2) is 19.1 Å². The highest BCUT2D eigenvalue weighted by Gasteiger charge is 2.34. The Morgan fingerprint density at radius 1 is 1.18 bits per heavy atom. The summed E-state index contributed by atoms with van der Waals surface area (Å²) in [5, 5.41) is 0. The molecular weight excluding hydrogens is 274 g/mol. The van der Waals surface area contributed by atoms with E-state index in [2.05, 4.69) is 37.0 Å². The molecule has 2 atom stereocenters. The smallest absolute Gasteiger partial charge is 0.174 e. The van der Waals surface area contributed by atoms with Crippen LogP contribution in [-0.2, 0) is 9.47 Å². The molecule has 3 nitrogen and oxygen atoms in total. The summed E-state index contributed by atoms with van der Waals surface area (Å²) in [6.07, 6.45) is 6.76. The lowest BCUT2D eigenvalue weighted by Crippen LogP contribution is -2.29. The van der Waals surface area contributed by atoms with Gasteiger partial charge in [0.15, 0.2) is 6.40 Å². The summed E-state index contributed by atoms with van der Waals surface area (Å²) < 4.78 is 11.8. The molecule has 0 saturated carbocycles. The van der Waals surface area contributed by atoms with E-state index in [9.17, 15) is 0 Å². The van der Waals surface area contributed by atoms with Gasteiger partial charge in [-0.2, -0.15) is 0 Å². The Kier molecular flexibility index (Phi) is 3.29. The third kappa shape index (κ3) is 2.16. The number of hydrogen-bond donors (Lipinski definition) is 0. The Bertz CT molecular complexity index is 679. The average molecular weight is 295 g/mol. The van der Waals surface area contributed by atoms with E-state index in [-0.39, 0.29) is 6.10 Å². The van der Waals surface area contributed by atoms with Gasteiger partial charge in [-0.15, -0.1) is 0 Å². The monoisotopic (exact) mass is 295 g/mol. The van der Waals surface area contributed by atoms with Crippen molar-refractivity contribution in [2.45, 2.75) is 45.1 Å². The summed E-state index contributed by atoms with van der Waals surface area (Å²) in [6.45, 7) is 5.16. The van der Waals surface area contributed by atoms with Crippen LogP contribution >= 0.6 is 0 Å². The zero-order valence-corrected chi connectivity index (χ0v) is 13.1. The molecule has 0 aromatic heterocycles. The highest BCUT2D eigenvalue weighted by Crippen LogP contribution is 2.43. The van der Waals surface area contributed by atoms with Gasteiger partial charge in [0.05, 0.1) is 12.2 Å². The molecular formula is C19H21NO2. The fraction of sp³-hybridized carbons (Fsp3) is 0.421. The van der Waals surface area contributed by atoms with Gasteiger partial charge in [0.25, 0.3) is 0 Å². The molecule has 3 heteroatoms. The van der Waals surface area contributed by atoms with E-state index in [1.807, 2.05) is 6.20 Å². The largest absolute Gasteiger partial charge is 0.492 e. The maximum atomic E-state index is 6.19. The lowest BCUT2D eigenvalue weighted by Gasteiger charge is -2.36. The molecule has 1 aromatic rings. The van der Waals surface area contributed by atoms with E-state index in [0.717, 1.165) is 37.2 Å². The number of aryl methyl sites for hydroxylation is 2. The summed E-state index contributed by atoms with van der Waals surface area (Å²) >= 11 is 0. The van der Waals surface area contributed by atoms with Crippen molar-refractivity contribution in [3.8, 4) is 0 Å². The van der Waals surface area contributed by atoms with Crippen molar-refractivity contribution in [1.29, 1.82) is 0 Å². The molecule has 0 spiro atoms. The molecule has 1 aromatic carbocycles. The lowest BCUT2D eigenvalue weighted by molar-refractivity contribution is 0.135. The van der Waals surface area contributed by atoms with Crippen LogP contribution in [0.4, 0.5) is 0 Å². The van der Waals surface area contributed by atoms with Crippen LogP contribution in [0.2, 0.25) is 0 Å². The number of nitrogens with zero attached hydrogens (tertiary/aromatic N) is 1. The van der Waals surface area contributed by atoms with Crippen molar-refractivity contribution in [3.63, 3.8) is 0 Å². The average Bonchev–Trinajstić information content (AvgIpc) is 2.54. The molecule has 0 saturated heterocycles. The van der Waals surface area contributed by atoms with Gasteiger partial charge in [-0.1, -0.05) is 18.2 Å². The van der Waals surface area contributed by atoms with Gasteiger partial charge in [0, 0.05) is 12.1 Å². The fourth-order valence-corrected chi connectivity index (χ4v) is 4.00. The van der Waals surface area contributed by atoms with Crippen LogP contribution in [0.15, 0.2) is 46.3 Å². The topological polar surface area (TPSA) is 30.8 Å². The predicted octanol–water partition coefficient (Wildman–Crippen LogP) is 4.17. The Morgan fingerprint density at radius 3 is 2.82 bits per heavy atom. The first-order chi connectivity index (χ1) is 10.7. The van der Waals surface area contributed by atoms with E-state index in [4.69, 9.17) is 9.47 Å². The van der Waals surface area contributed by atoms with Crippen LogP contribution in [0.5, 0.6) is 0 Å².